The lowest BCUT2D eigenvalue weighted by Gasteiger charge is -2.22. The van der Waals surface area contributed by atoms with Gasteiger partial charge in [0.2, 0.25) is 0 Å². The van der Waals surface area contributed by atoms with Crippen LogP contribution in [0.25, 0.3) is 0 Å². The number of hydroxylamine groups is 2. The van der Waals surface area contributed by atoms with Crippen LogP contribution in [0.2, 0.25) is 0 Å². The lowest BCUT2D eigenvalue weighted by atomic mass is 10.1. The Balaban J connectivity index is 1.67. The summed E-state index contributed by atoms with van der Waals surface area (Å²) >= 11 is 0. The van der Waals surface area contributed by atoms with Crippen LogP contribution in [0.5, 0.6) is 0 Å². The molecule has 10 nitrogen and oxygen atoms in total. The molecular weight excluding hydrogens is 456 g/mol. The van der Waals surface area contributed by atoms with E-state index in [1.54, 1.807) is 57.2 Å². The van der Waals surface area contributed by atoms with Crippen LogP contribution in [-0.2, 0) is 30.5 Å². The van der Waals surface area contributed by atoms with Crippen molar-refractivity contribution in [3.63, 3.8) is 0 Å². The molecule has 1 atom stereocenters. The summed E-state index contributed by atoms with van der Waals surface area (Å²) in [5.74, 6) is -3.33. The molecule has 35 heavy (non-hydrogen) atoms. The number of hydrogen-bond donors (Lipinski definition) is 1. The van der Waals surface area contributed by atoms with Gasteiger partial charge in [-0.2, -0.15) is 0 Å². The molecule has 0 saturated carbocycles. The number of carbonyl (C=O) groups is 5. The smallest absolute Gasteiger partial charge is 0.408 e. The number of benzene rings is 2. The quantitative estimate of drug-likeness (QED) is 0.449. The summed E-state index contributed by atoms with van der Waals surface area (Å²) in [6.45, 7) is 5.02. The molecule has 2 aromatic carbocycles. The molecule has 3 amide bonds. The van der Waals surface area contributed by atoms with Crippen LogP contribution < -0.4 is 5.32 Å². The number of nitrogens with zero attached hydrogens (tertiary/aromatic N) is 1. The number of esters is 1. The Kier molecular flexibility index (Phi) is 7.85. The van der Waals surface area contributed by atoms with Gasteiger partial charge >= 0.3 is 18.0 Å². The van der Waals surface area contributed by atoms with E-state index in [0.717, 1.165) is 5.56 Å². The van der Waals surface area contributed by atoms with Gasteiger partial charge in [0.1, 0.15) is 18.2 Å². The maximum absolute atomic E-state index is 12.9. The molecule has 1 N–H and O–H groups in total. The molecule has 1 heterocycles. The highest BCUT2D eigenvalue weighted by atomic mass is 16.7. The van der Waals surface area contributed by atoms with Crippen molar-refractivity contribution in [1.29, 1.82) is 0 Å². The fourth-order valence-corrected chi connectivity index (χ4v) is 3.21. The van der Waals surface area contributed by atoms with Gasteiger partial charge < -0.3 is 19.6 Å². The van der Waals surface area contributed by atoms with E-state index in [9.17, 15) is 24.0 Å². The fourth-order valence-electron chi connectivity index (χ4n) is 3.21. The molecule has 0 spiro atoms. The van der Waals surface area contributed by atoms with Crippen molar-refractivity contribution in [3.05, 3.63) is 71.3 Å². The number of imide groups is 1. The summed E-state index contributed by atoms with van der Waals surface area (Å²) < 4.78 is 10.4. The van der Waals surface area contributed by atoms with Crippen LogP contribution in [-0.4, -0.2) is 46.6 Å². The zero-order chi connectivity index (χ0) is 25.6. The maximum Gasteiger partial charge on any atom is 0.408 e. The fraction of sp³-hybridized carbons (Fsp3) is 0.320. The van der Waals surface area contributed by atoms with Crippen LogP contribution in [0.15, 0.2) is 54.6 Å². The van der Waals surface area contributed by atoms with Crippen LogP contribution >= 0.6 is 0 Å². The van der Waals surface area contributed by atoms with Crippen molar-refractivity contribution in [3.8, 4) is 0 Å². The Morgan fingerprint density at radius 1 is 0.914 bits per heavy atom. The number of rotatable bonds is 8. The summed E-state index contributed by atoms with van der Waals surface area (Å²) in [7, 11) is 0. The predicted octanol–water partition coefficient (Wildman–Crippen LogP) is 3.16. The second-order valence-corrected chi connectivity index (χ2v) is 8.74. The van der Waals surface area contributed by atoms with Gasteiger partial charge in [-0.1, -0.05) is 47.5 Å². The van der Waals surface area contributed by atoms with Crippen molar-refractivity contribution in [2.24, 2.45) is 0 Å². The van der Waals surface area contributed by atoms with E-state index in [4.69, 9.17) is 14.3 Å². The average Bonchev–Trinajstić information content (AvgIpc) is 3.05. The Morgan fingerprint density at radius 3 is 2.06 bits per heavy atom. The first-order valence-corrected chi connectivity index (χ1v) is 10.9. The minimum atomic E-state index is -1.39. The van der Waals surface area contributed by atoms with Crippen molar-refractivity contribution in [1.82, 2.24) is 10.4 Å². The second-order valence-electron chi connectivity index (χ2n) is 8.74. The van der Waals surface area contributed by atoms with Gasteiger partial charge in [0, 0.05) is 6.42 Å². The highest BCUT2D eigenvalue weighted by Gasteiger charge is 2.40. The molecule has 0 radical (unpaired) electrons. The zero-order valence-electron chi connectivity index (χ0n) is 19.6. The number of hydrogen-bond acceptors (Lipinski definition) is 8. The summed E-state index contributed by atoms with van der Waals surface area (Å²) in [5, 5.41) is 2.68. The topological polar surface area (TPSA) is 128 Å². The van der Waals surface area contributed by atoms with Gasteiger partial charge in [-0.05, 0) is 44.9 Å². The number of nitrogens with one attached hydrogen (secondary N) is 1. The Bertz CT molecular complexity index is 1090. The Morgan fingerprint density at radius 2 is 1.49 bits per heavy atom. The Labute approximate surface area is 202 Å². The van der Waals surface area contributed by atoms with E-state index in [2.05, 4.69) is 5.32 Å². The van der Waals surface area contributed by atoms with Crippen LogP contribution in [0, 0.1) is 0 Å². The summed E-state index contributed by atoms with van der Waals surface area (Å²) in [6, 6.07) is 13.5. The molecule has 1 aliphatic rings. The SMILES string of the molecule is CC(C)(C)OC(=O)CCC(NC(=O)OCc1ccccc1)C(=O)ON1C(=O)c2ccccc2C1=O. The minimum absolute atomic E-state index is 0.0566. The Hall–Kier alpha value is -4.21. The largest absolute Gasteiger partial charge is 0.460 e. The van der Waals surface area contributed by atoms with E-state index < -0.39 is 41.5 Å². The van der Waals surface area contributed by atoms with Gasteiger partial charge in [-0.15, -0.1) is 0 Å². The maximum atomic E-state index is 12.9. The molecule has 0 aromatic heterocycles. The third kappa shape index (κ3) is 6.89. The van der Waals surface area contributed by atoms with E-state index in [1.165, 1.54) is 12.1 Å². The van der Waals surface area contributed by atoms with E-state index in [-0.39, 0.29) is 30.6 Å². The second kappa shape index (κ2) is 10.8. The van der Waals surface area contributed by atoms with Crippen LogP contribution in [0.4, 0.5) is 4.79 Å². The molecule has 1 aliphatic heterocycles. The van der Waals surface area contributed by atoms with E-state index in [1.807, 2.05) is 6.07 Å². The number of fused-ring (bicyclic) bond motifs is 1. The van der Waals surface area contributed by atoms with Gasteiger partial charge in [0.15, 0.2) is 0 Å². The molecule has 0 saturated heterocycles. The molecule has 184 valence electrons. The number of ether oxygens (including phenoxy) is 2. The summed E-state index contributed by atoms with van der Waals surface area (Å²) in [4.78, 5) is 67.4. The summed E-state index contributed by atoms with van der Waals surface area (Å²) in [6.07, 6.45) is -1.39. The number of amides is 3. The van der Waals surface area contributed by atoms with Crippen molar-refractivity contribution >= 4 is 29.8 Å². The van der Waals surface area contributed by atoms with Crippen molar-refractivity contribution < 1.29 is 38.3 Å². The molecule has 0 fully saturated rings. The molecule has 0 bridgehead atoms. The predicted molar refractivity (Wildman–Crippen MR) is 122 cm³/mol. The summed E-state index contributed by atoms with van der Waals surface area (Å²) in [5.41, 5.74) is 0.160. The molecule has 1 unspecified atom stereocenters. The lowest BCUT2D eigenvalue weighted by molar-refractivity contribution is -0.171. The molecule has 0 aliphatic carbocycles. The zero-order valence-corrected chi connectivity index (χ0v) is 19.6. The van der Waals surface area contributed by atoms with E-state index >= 15 is 0 Å². The van der Waals surface area contributed by atoms with Gasteiger partial charge in [-0.25, -0.2) is 9.59 Å². The normalized spacial score (nSPS) is 13.6. The van der Waals surface area contributed by atoms with Crippen LogP contribution in [0.1, 0.15) is 59.9 Å². The van der Waals surface area contributed by atoms with Gasteiger partial charge in [0.25, 0.3) is 11.8 Å². The van der Waals surface area contributed by atoms with E-state index in [0.29, 0.717) is 5.06 Å². The first-order chi connectivity index (χ1) is 16.5. The monoisotopic (exact) mass is 482 g/mol. The highest BCUT2D eigenvalue weighted by Crippen LogP contribution is 2.23. The lowest BCUT2D eigenvalue weighted by Crippen LogP contribution is -2.46. The van der Waals surface area contributed by atoms with Gasteiger partial charge in [0.05, 0.1) is 11.1 Å². The van der Waals surface area contributed by atoms with Gasteiger partial charge in [-0.3, -0.25) is 14.4 Å². The number of alkyl carbamates (subject to hydrolysis) is 1. The van der Waals surface area contributed by atoms with Crippen molar-refractivity contribution in [2.75, 3.05) is 0 Å². The average molecular weight is 482 g/mol. The highest BCUT2D eigenvalue weighted by molar-refractivity contribution is 6.20. The molecular formula is C25H26N2O8. The van der Waals surface area contributed by atoms with Crippen molar-refractivity contribution in [2.45, 2.75) is 51.9 Å². The van der Waals surface area contributed by atoms with Crippen LogP contribution in [0.3, 0.4) is 0 Å². The first kappa shape index (κ1) is 25.4. The molecule has 3 rings (SSSR count). The third-order valence-electron chi connectivity index (χ3n) is 4.78. The molecule has 10 heteroatoms. The molecule has 2 aromatic rings. The third-order valence-corrected chi connectivity index (χ3v) is 4.78. The standard InChI is InChI=1S/C25H26N2O8/c1-25(2,3)34-20(28)14-13-19(26-24(32)33-15-16-9-5-4-6-10-16)23(31)35-27-21(29)17-11-7-8-12-18(17)22(27)30/h4-12,19H,13-15H2,1-3H3,(H,26,32). The minimum Gasteiger partial charge on any atom is -0.460 e. The first-order valence-electron chi connectivity index (χ1n) is 10.9. The number of carbonyl (C=O) groups excluding carboxylic acids is 5.